The van der Waals surface area contributed by atoms with Crippen LogP contribution < -0.4 is 0 Å². The van der Waals surface area contributed by atoms with Crippen LogP contribution in [-0.4, -0.2) is 18.7 Å². The number of fused-ring (bicyclic) bond motifs is 9. The number of aromatic nitrogens is 4. The second-order valence-electron chi connectivity index (χ2n) is 13.7. The lowest BCUT2D eigenvalue weighted by Crippen LogP contribution is -1.94. The zero-order chi connectivity index (χ0) is 34.3. The predicted octanol–water partition coefficient (Wildman–Crippen LogP) is 12.3. The van der Waals surface area contributed by atoms with Crippen LogP contribution in [0.5, 0.6) is 0 Å². The minimum atomic E-state index is 1.15. The fourth-order valence-corrected chi connectivity index (χ4v) is 8.50. The first-order valence-corrected chi connectivity index (χ1v) is 17.8. The number of rotatable bonds is 4. The normalized spacial score (nSPS) is 11.9. The van der Waals surface area contributed by atoms with Gasteiger partial charge in [0, 0.05) is 68.7 Å². The first kappa shape index (κ1) is 28.9. The van der Waals surface area contributed by atoms with Gasteiger partial charge in [-0.3, -0.25) is 4.98 Å². The lowest BCUT2D eigenvalue weighted by atomic mass is 9.97. The smallest absolute Gasteiger partial charge is 0.0541 e. The Balaban J connectivity index is 1.04. The number of aryl methyl sites for hydroxylation is 1. The Morgan fingerprint density at radius 2 is 0.865 bits per heavy atom. The molecule has 0 radical (unpaired) electrons. The maximum Gasteiger partial charge on any atom is 0.0541 e. The van der Waals surface area contributed by atoms with Crippen LogP contribution in [0.1, 0.15) is 0 Å². The number of pyridine rings is 1. The number of hydrogen-bond acceptors (Lipinski definition) is 1. The summed E-state index contributed by atoms with van der Waals surface area (Å²) >= 11 is 0. The Kier molecular flexibility index (Phi) is 6.13. The van der Waals surface area contributed by atoms with Gasteiger partial charge in [0.05, 0.1) is 27.6 Å². The molecule has 11 aromatic rings. The van der Waals surface area contributed by atoms with Gasteiger partial charge < -0.3 is 13.7 Å². The molecule has 244 valence electrons. The van der Waals surface area contributed by atoms with Crippen molar-refractivity contribution in [1.29, 1.82) is 0 Å². The number of para-hydroxylation sites is 3. The number of hydrogen-bond donors (Lipinski definition) is 0. The molecular formula is C48H32N4. The average Bonchev–Trinajstić information content (AvgIpc) is 3.83. The molecule has 7 aromatic carbocycles. The second-order valence-corrected chi connectivity index (χ2v) is 13.7. The van der Waals surface area contributed by atoms with E-state index in [4.69, 9.17) is 0 Å². The molecule has 0 amide bonds. The van der Waals surface area contributed by atoms with Gasteiger partial charge in [-0.15, -0.1) is 0 Å². The van der Waals surface area contributed by atoms with Crippen LogP contribution in [0.25, 0.3) is 99.0 Å². The first-order chi connectivity index (χ1) is 25.7. The Morgan fingerprint density at radius 3 is 1.54 bits per heavy atom. The van der Waals surface area contributed by atoms with Crippen LogP contribution in [0.3, 0.4) is 0 Å². The van der Waals surface area contributed by atoms with Crippen LogP contribution in [0, 0.1) is 0 Å². The van der Waals surface area contributed by atoms with Crippen molar-refractivity contribution in [3.8, 4) is 33.6 Å². The van der Waals surface area contributed by atoms with E-state index >= 15 is 0 Å². The monoisotopic (exact) mass is 664 g/mol. The predicted molar refractivity (Wildman–Crippen MR) is 218 cm³/mol. The summed E-state index contributed by atoms with van der Waals surface area (Å²) in [6.45, 7) is 0. The van der Waals surface area contributed by atoms with Gasteiger partial charge in [0.2, 0.25) is 0 Å². The minimum Gasteiger partial charge on any atom is -0.344 e. The highest BCUT2D eigenvalue weighted by Crippen LogP contribution is 2.39. The van der Waals surface area contributed by atoms with Gasteiger partial charge in [0.15, 0.2) is 0 Å². The summed E-state index contributed by atoms with van der Waals surface area (Å²) in [5, 5.41) is 7.40. The zero-order valence-corrected chi connectivity index (χ0v) is 28.5. The third-order valence-corrected chi connectivity index (χ3v) is 10.9. The Hall–Kier alpha value is -6.91. The van der Waals surface area contributed by atoms with Crippen LogP contribution >= 0.6 is 0 Å². The zero-order valence-electron chi connectivity index (χ0n) is 28.5. The molecule has 0 aliphatic rings. The molecule has 0 fully saturated rings. The second kappa shape index (κ2) is 11.0. The van der Waals surface area contributed by atoms with Gasteiger partial charge in [-0.2, -0.15) is 0 Å². The molecule has 4 nitrogen and oxygen atoms in total. The summed E-state index contributed by atoms with van der Waals surface area (Å²) in [4.78, 5) is 4.45. The summed E-state index contributed by atoms with van der Waals surface area (Å²) in [5.41, 5.74) is 14.4. The van der Waals surface area contributed by atoms with Crippen molar-refractivity contribution in [3.05, 3.63) is 176 Å². The van der Waals surface area contributed by atoms with Crippen molar-refractivity contribution < 1.29 is 0 Å². The number of nitrogens with zero attached hydrogens (tertiary/aromatic N) is 4. The van der Waals surface area contributed by atoms with Crippen molar-refractivity contribution in [2.45, 2.75) is 0 Å². The van der Waals surface area contributed by atoms with Crippen LogP contribution in [0.2, 0.25) is 0 Å². The van der Waals surface area contributed by atoms with E-state index in [9.17, 15) is 0 Å². The Bertz CT molecular complexity index is 3190. The van der Waals surface area contributed by atoms with E-state index in [0.29, 0.717) is 0 Å². The summed E-state index contributed by atoms with van der Waals surface area (Å²) in [6, 6.07) is 59.8. The van der Waals surface area contributed by atoms with Gasteiger partial charge in [0.1, 0.15) is 0 Å². The van der Waals surface area contributed by atoms with Crippen molar-refractivity contribution in [3.63, 3.8) is 0 Å². The summed E-state index contributed by atoms with van der Waals surface area (Å²) in [6.07, 6.45) is 3.85. The highest BCUT2D eigenvalue weighted by molar-refractivity contribution is 6.13. The molecule has 0 aliphatic carbocycles. The molecule has 4 aromatic heterocycles. The molecule has 0 saturated carbocycles. The first-order valence-electron chi connectivity index (χ1n) is 17.8. The summed E-state index contributed by atoms with van der Waals surface area (Å²) < 4.78 is 7.03. The summed E-state index contributed by atoms with van der Waals surface area (Å²) in [5.74, 6) is 0. The van der Waals surface area contributed by atoms with Crippen molar-refractivity contribution >= 4 is 65.4 Å². The number of benzene rings is 7. The molecule has 0 atom stereocenters. The van der Waals surface area contributed by atoms with Crippen LogP contribution in [0.15, 0.2) is 176 Å². The third-order valence-electron chi connectivity index (χ3n) is 10.9. The lowest BCUT2D eigenvalue weighted by molar-refractivity contribution is 1.01. The quantitative estimate of drug-likeness (QED) is 0.184. The van der Waals surface area contributed by atoms with Gasteiger partial charge in [-0.25, -0.2) is 0 Å². The van der Waals surface area contributed by atoms with Crippen molar-refractivity contribution in [2.75, 3.05) is 0 Å². The van der Waals surface area contributed by atoms with Gasteiger partial charge in [-0.05, 0) is 101 Å². The molecule has 4 heteroatoms. The van der Waals surface area contributed by atoms with Gasteiger partial charge >= 0.3 is 0 Å². The van der Waals surface area contributed by atoms with Gasteiger partial charge in [-0.1, -0.05) is 84.9 Å². The van der Waals surface area contributed by atoms with E-state index in [2.05, 4.69) is 190 Å². The Morgan fingerprint density at radius 1 is 0.346 bits per heavy atom. The molecule has 0 bridgehead atoms. The van der Waals surface area contributed by atoms with E-state index in [1.165, 1.54) is 93.4 Å². The summed E-state index contributed by atoms with van der Waals surface area (Å²) in [7, 11) is 2.13. The molecule has 0 N–H and O–H groups in total. The molecule has 4 heterocycles. The molecule has 0 saturated heterocycles. The SMILES string of the molecule is Cn1c2ccncc2c2cc(-n3c4ccccc4c4cc(-c5cccc(-c6ccc7c(c6)c6ccccc6n7-c6ccccc6)c5)ccc43)ccc21. The van der Waals surface area contributed by atoms with E-state index in [1.807, 2.05) is 12.4 Å². The molecule has 52 heavy (non-hydrogen) atoms. The molecular weight excluding hydrogens is 633 g/mol. The molecule has 11 rings (SSSR count). The maximum atomic E-state index is 4.45. The lowest BCUT2D eigenvalue weighted by Gasteiger charge is -2.10. The molecule has 0 unspecified atom stereocenters. The fraction of sp³-hybridized carbons (Fsp3) is 0.0208. The van der Waals surface area contributed by atoms with E-state index < -0.39 is 0 Å². The fourth-order valence-electron chi connectivity index (χ4n) is 8.50. The highest BCUT2D eigenvalue weighted by atomic mass is 15.0. The van der Waals surface area contributed by atoms with Crippen LogP contribution in [-0.2, 0) is 7.05 Å². The maximum absolute atomic E-state index is 4.45. The standard InChI is InChI=1S/C48H32N4/c1-50-43-23-20-36(29-41(43)42-30-49-25-24-44(42)50)52-46-17-8-6-15-38(46)40-28-34(19-22-48(40)52)32-11-9-10-31(26-32)33-18-21-47-39(27-33)37-14-5-7-16-45(37)51(47)35-12-3-2-4-13-35/h2-30H,1H3. The molecule has 0 spiro atoms. The van der Waals surface area contributed by atoms with Crippen molar-refractivity contribution in [2.24, 2.45) is 7.05 Å². The van der Waals surface area contributed by atoms with Crippen LogP contribution in [0.4, 0.5) is 0 Å². The van der Waals surface area contributed by atoms with E-state index in [-0.39, 0.29) is 0 Å². The van der Waals surface area contributed by atoms with Gasteiger partial charge in [0.25, 0.3) is 0 Å². The minimum absolute atomic E-state index is 1.15. The van der Waals surface area contributed by atoms with Crippen molar-refractivity contribution in [1.82, 2.24) is 18.7 Å². The largest absolute Gasteiger partial charge is 0.344 e. The molecule has 0 aliphatic heterocycles. The topological polar surface area (TPSA) is 27.7 Å². The Labute approximate surface area is 300 Å². The highest BCUT2D eigenvalue weighted by Gasteiger charge is 2.17. The average molecular weight is 665 g/mol. The van der Waals surface area contributed by atoms with E-state index in [1.54, 1.807) is 0 Å². The third kappa shape index (κ3) is 4.18. The van der Waals surface area contributed by atoms with E-state index in [0.717, 1.165) is 5.69 Å².